The summed E-state index contributed by atoms with van der Waals surface area (Å²) in [7, 11) is 0. The van der Waals surface area contributed by atoms with Crippen molar-refractivity contribution in [3.8, 4) is 0 Å². The molecule has 5 heteroatoms. The summed E-state index contributed by atoms with van der Waals surface area (Å²) in [5.74, 6) is 0.850. The Hall–Kier alpha value is -1.62. The number of nitrogens with zero attached hydrogens (tertiary/aromatic N) is 2. The minimum Gasteiger partial charge on any atom is -0.394 e. The number of nitrogen functional groups attached to an aromatic ring is 1. The smallest absolute Gasteiger partial charge is 0.129 e. The summed E-state index contributed by atoms with van der Waals surface area (Å²) in [5.41, 5.74) is 6.14. The molecule has 92 valence electrons. The highest BCUT2D eigenvalue weighted by Gasteiger charge is 2.22. The van der Waals surface area contributed by atoms with Crippen LogP contribution in [0, 0.1) is 5.41 Å². The van der Waals surface area contributed by atoms with Crippen molar-refractivity contribution in [3.63, 3.8) is 0 Å². The van der Waals surface area contributed by atoms with E-state index in [1.807, 2.05) is 6.07 Å². The minimum atomic E-state index is 0.0474. The predicted molar refractivity (Wildman–Crippen MR) is 67.3 cm³/mol. The minimum absolute atomic E-state index is 0.0474. The molecule has 0 aliphatic carbocycles. The zero-order valence-corrected chi connectivity index (χ0v) is 9.76. The molecule has 2 heterocycles. The summed E-state index contributed by atoms with van der Waals surface area (Å²) < 4.78 is 0. The number of pyridine rings is 1. The van der Waals surface area contributed by atoms with Crippen LogP contribution in [-0.4, -0.2) is 35.1 Å². The van der Waals surface area contributed by atoms with Crippen LogP contribution >= 0.6 is 0 Å². The first-order valence-electron chi connectivity index (χ1n) is 5.90. The first kappa shape index (κ1) is 11.9. The fraction of sp³-hybridized carbons (Fsp3) is 0.500. The van der Waals surface area contributed by atoms with Crippen molar-refractivity contribution in [2.45, 2.75) is 25.3 Å². The predicted octanol–water partition coefficient (Wildman–Crippen LogP) is 0.717. The van der Waals surface area contributed by atoms with Crippen LogP contribution in [0.5, 0.6) is 0 Å². The molecule has 17 heavy (non-hydrogen) atoms. The number of amidine groups is 1. The summed E-state index contributed by atoms with van der Waals surface area (Å²) in [6.07, 6.45) is 4.91. The second kappa shape index (κ2) is 5.14. The lowest BCUT2D eigenvalue weighted by Crippen LogP contribution is -2.42. The van der Waals surface area contributed by atoms with Gasteiger partial charge in [-0.2, -0.15) is 0 Å². The van der Waals surface area contributed by atoms with Gasteiger partial charge >= 0.3 is 0 Å². The van der Waals surface area contributed by atoms with Gasteiger partial charge in [-0.3, -0.25) is 5.41 Å². The Morgan fingerprint density at radius 2 is 2.41 bits per heavy atom. The van der Waals surface area contributed by atoms with E-state index in [-0.39, 0.29) is 18.5 Å². The SMILES string of the molecule is N=C(N)c1ccnc(N2CCCCC2CO)c1. The van der Waals surface area contributed by atoms with Crippen LogP contribution in [0.2, 0.25) is 0 Å². The van der Waals surface area contributed by atoms with Gasteiger partial charge in [0.2, 0.25) is 0 Å². The highest BCUT2D eigenvalue weighted by atomic mass is 16.3. The van der Waals surface area contributed by atoms with Crippen molar-refractivity contribution >= 4 is 11.7 Å². The molecule has 0 radical (unpaired) electrons. The average Bonchev–Trinajstić information content (AvgIpc) is 2.39. The van der Waals surface area contributed by atoms with E-state index >= 15 is 0 Å². The number of nitrogens with two attached hydrogens (primary N) is 1. The number of aliphatic hydroxyl groups excluding tert-OH is 1. The summed E-state index contributed by atoms with van der Waals surface area (Å²) in [6.45, 7) is 1.05. The summed E-state index contributed by atoms with van der Waals surface area (Å²) in [6, 6.07) is 3.68. The molecule has 1 saturated heterocycles. The van der Waals surface area contributed by atoms with Crippen molar-refractivity contribution in [1.29, 1.82) is 5.41 Å². The lowest BCUT2D eigenvalue weighted by atomic mass is 10.0. The van der Waals surface area contributed by atoms with Crippen molar-refractivity contribution in [1.82, 2.24) is 4.98 Å². The number of piperidine rings is 1. The molecule has 1 aromatic heterocycles. The second-order valence-corrected chi connectivity index (χ2v) is 4.34. The highest BCUT2D eigenvalue weighted by Crippen LogP contribution is 2.23. The van der Waals surface area contributed by atoms with E-state index in [4.69, 9.17) is 11.1 Å². The third-order valence-electron chi connectivity index (χ3n) is 3.19. The highest BCUT2D eigenvalue weighted by molar-refractivity contribution is 5.95. The van der Waals surface area contributed by atoms with Gasteiger partial charge in [-0.15, -0.1) is 0 Å². The molecular formula is C12H18N4O. The molecule has 1 unspecified atom stereocenters. The molecule has 2 rings (SSSR count). The lowest BCUT2D eigenvalue weighted by Gasteiger charge is -2.35. The fourth-order valence-corrected chi connectivity index (χ4v) is 2.23. The lowest BCUT2D eigenvalue weighted by molar-refractivity contribution is 0.239. The van der Waals surface area contributed by atoms with Gasteiger partial charge in [0.25, 0.3) is 0 Å². The molecule has 0 amide bonds. The quantitative estimate of drug-likeness (QED) is 0.531. The largest absolute Gasteiger partial charge is 0.394 e. The number of aromatic nitrogens is 1. The van der Waals surface area contributed by atoms with Crippen molar-refractivity contribution in [2.24, 2.45) is 5.73 Å². The van der Waals surface area contributed by atoms with Crippen LogP contribution in [0.3, 0.4) is 0 Å². The van der Waals surface area contributed by atoms with Gasteiger partial charge in [-0.1, -0.05) is 0 Å². The first-order chi connectivity index (χ1) is 8.22. The molecule has 4 N–H and O–H groups in total. The summed E-state index contributed by atoms with van der Waals surface area (Å²) in [5, 5.41) is 16.8. The van der Waals surface area contributed by atoms with Gasteiger partial charge in [-0.25, -0.2) is 4.98 Å². The molecule has 1 atom stereocenters. The van der Waals surface area contributed by atoms with E-state index in [1.54, 1.807) is 12.3 Å². The van der Waals surface area contributed by atoms with Gasteiger partial charge in [0, 0.05) is 18.3 Å². The number of anilines is 1. The third-order valence-corrected chi connectivity index (χ3v) is 3.19. The van der Waals surface area contributed by atoms with Crippen LogP contribution < -0.4 is 10.6 Å². The van der Waals surface area contributed by atoms with Gasteiger partial charge in [0.05, 0.1) is 12.6 Å². The number of aliphatic hydroxyl groups is 1. The van der Waals surface area contributed by atoms with Gasteiger partial charge in [0.1, 0.15) is 11.7 Å². The van der Waals surface area contributed by atoms with E-state index in [0.717, 1.165) is 31.6 Å². The standard InChI is InChI=1S/C12H18N4O/c13-12(14)9-4-5-15-11(7-9)16-6-2-1-3-10(16)8-17/h4-5,7,10,17H,1-3,6,8H2,(H3,13,14). The van der Waals surface area contributed by atoms with Gasteiger partial charge < -0.3 is 15.7 Å². The molecule has 0 spiro atoms. The Bertz CT molecular complexity index is 407. The van der Waals surface area contributed by atoms with Crippen molar-refractivity contribution in [2.75, 3.05) is 18.1 Å². The number of nitrogens with one attached hydrogen (secondary N) is 1. The molecule has 1 aliphatic rings. The molecule has 1 aliphatic heterocycles. The fourth-order valence-electron chi connectivity index (χ4n) is 2.23. The molecular weight excluding hydrogens is 216 g/mol. The molecule has 0 aromatic carbocycles. The van der Waals surface area contributed by atoms with Crippen LogP contribution in [-0.2, 0) is 0 Å². The Labute approximate surface area is 101 Å². The number of rotatable bonds is 3. The topological polar surface area (TPSA) is 86.2 Å². The van der Waals surface area contributed by atoms with E-state index < -0.39 is 0 Å². The van der Waals surface area contributed by atoms with Crippen LogP contribution in [0.25, 0.3) is 0 Å². The summed E-state index contributed by atoms with van der Waals surface area (Å²) >= 11 is 0. The van der Waals surface area contributed by atoms with Crippen molar-refractivity contribution in [3.05, 3.63) is 23.9 Å². The maximum absolute atomic E-state index is 9.36. The number of hydrogen-bond acceptors (Lipinski definition) is 4. The second-order valence-electron chi connectivity index (χ2n) is 4.34. The monoisotopic (exact) mass is 234 g/mol. The Balaban J connectivity index is 2.25. The first-order valence-corrected chi connectivity index (χ1v) is 5.90. The van der Waals surface area contributed by atoms with Crippen LogP contribution in [0.1, 0.15) is 24.8 Å². The molecule has 1 fully saturated rings. The molecule has 5 nitrogen and oxygen atoms in total. The van der Waals surface area contributed by atoms with Gasteiger partial charge in [-0.05, 0) is 31.4 Å². The number of hydrogen-bond donors (Lipinski definition) is 3. The van der Waals surface area contributed by atoms with E-state index in [2.05, 4.69) is 9.88 Å². The maximum atomic E-state index is 9.36. The normalized spacial score (nSPS) is 20.3. The van der Waals surface area contributed by atoms with E-state index in [1.165, 1.54) is 0 Å². The summed E-state index contributed by atoms with van der Waals surface area (Å²) in [4.78, 5) is 6.41. The Kier molecular flexibility index (Phi) is 3.58. The van der Waals surface area contributed by atoms with Crippen molar-refractivity contribution < 1.29 is 5.11 Å². The zero-order chi connectivity index (χ0) is 12.3. The third kappa shape index (κ3) is 2.55. The average molecular weight is 234 g/mol. The molecule has 0 bridgehead atoms. The van der Waals surface area contributed by atoms with Crippen LogP contribution in [0.4, 0.5) is 5.82 Å². The maximum Gasteiger partial charge on any atom is 0.129 e. The van der Waals surface area contributed by atoms with Crippen LogP contribution in [0.15, 0.2) is 18.3 Å². The zero-order valence-electron chi connectivity index (χ0n) is 9.76. The molecule has 0 saturated carbocycles. The Morgan fingerprint density at radius 1 is 1.59 bits per heavy atom. The van der Waals surface area contributed by atoms with E-state index in [0.29, 0.717) is 5.56 Å². The van der Waals surface area contributed by atoms with E-state index in [9.17, 15) is 5.11 Å². The van der Waals surface area contributed by atoms with Gasteiger partial charge in [0.15, 0.2) is 0 Å². The Morgan fingerprint density at radius 3 is 3.12 bits per heavy atom. The molecule has 1 aromatic rings.